The summed E-state index contributed by atoms with van der Waals surface area (Å²) in [6, 6.07) is 11.0. The molecule has 11 heteroatoms. The third kappa shape index (κ3) is 5.91. The summed E-state index contributed by atoms with van der Waals surface area (Å²) in [4.78, 5) is 27.4. The van der Waals surface area contributed by atoms with Gasteiger partial charge in [-0.15, -0.1) is 24.8 Å². The summed E-state index contributed by atoms with van der Waals surface area (Å²) in [6.07, 6.45) is 4.75. The molecule has 0 aliphatic rings. The monoisotopic (exact) mass is 475 g/mol. The van der Waals surface area contributed by atoms with Crippen LogP contribution in [0.4, 0.5) is 5.82 Å². The predicted octanol–water partition coefficient (Wildman–Crippen LogP) is 3.45. The third-order valence-electron chi connectivity index (χ3n) is 4.38. The lowest BCUT2D eigenvalue weighted by atomic mass is 10.1. The van der Waals surface area contributed by atoms with E-state index in [1.165, 1.54) is 6.20 Å². The summed E-state index contributed by atoms with van der Waals surface area (Å²) in [5.74, 6) is 0.874. The molecule has 2 N–H and O–H groups in total. The van der Waals surface area contributed by atoms with Crippen LogP contribution in [0.3, 0.4) is 0 Å². The Hall–Kier alpha value is -3.27. The van der Waals surface area contributed by atoms with Crippen LogP contribution in [0.5, 0.6) is 5.75 Å². The fourth-order valence-corrected chi connectivity index (χ4v) is 2.77. The van der Waals surface area contributed by atoms with Crippen LogP contribution in [-0.4, -0.2) is 63.2 Å². The van der Waals surface area contributed by atoms with E-state index in [1.54, 1.807) is 24.5 Å². The Morgan fingerprint density at radius 1 is 1.12 bits per heavy atom. The lowest BCUT2D eigenvalue weighted by molar-refractivity contribution is 0.102. The van der Waals surface area contributed by atoms with Crippen LogP contribution >= 0.6 is 24.8 Å². The second-order valence-electron chi connectivity index (χ2n) is 6.90. The zero-order chi connectivity index (χ0) is 20.9. The number of nitrogens with one attached hydrogen (secondary N) is 2. The smallest absolute Gasteiger partial charge is 0.258 e. The number of fused-ring (bicyclic) bond motifs is 1. The number of likely N-dealkylation sites (N-methyl/N-ethyl adjacent to an activating group) is 1. The van der Waals surface area contributed by atoms with E-state index in [4.69, 9.17) is 4.74 Å². The minimum atomic E-state index is -0.305. The highest BCUT2D eigenvalue weighted by molar-refractivity contribution is 6.06. The number of aromatic amines is 1. The second-order valence-corrected chi connectivity index (χ2v) is 6.90. The molecule has 1 amide bonds. The van der Waals surface area contributed by atoms with Crippen LogP contribution in [-0.2, 0) is 0 Å². The van der Waals surface area contributed by atoms with E-state index >= 15 is 0 Å². The number of carbonyl (C=O) groups is 1. The van der Waals surface area contributed by atoms with E-state index in [2.05, 4.69) is 35.4 Å². The van der Waals surface area contributed by atoms with Gasteiger partial charge in [-0.3, -0.25) is 14.9 Å². The lowest BCUT2D eigenvalue weighted by Crippen LogP contribution is -2.19. The summed E-state index contributed by atoms with van der Waals surface area (Å²) in [5, 5.41) is 9.67. The van der Waals surface area contributed by atoms with E-state index in [1.807, 2.05) is 38.4 Å². The van der Waals surface area contributed by atoms with E-state index in [-0.39, 0.29) is 30.7 Å². The van der Waals surface area contributed by atoms with Gasteiger partial charge in [0.15, 0.2) is 11.3 Å². The Labute approximate surface area is 197 Å². The number of halogens is 2. The van der Waals surface area contributed by atoms with Crippen molar-refractivity contribution < 1.29 is 9.53 Å². The standard InChI is InChI=1S/C21H21N7O2.2ClH/c1-28(2)10-11-30-16-7-5-14(6-8-16)17-13-23-19-18(24-17)20(27-26-19)25-21(29)15-4-3-9-22-12-15;;/h3-9,12-13H,10-11H2,1-2H3,(H2,23,25,26,27,29);2*1H. The maximum absolute atomic E-state index is 12.4. The second kappa shape index (κ2) is 11.4. The zero-order valence-corrected chi connectivity index (χ0v) is 19.1. The van der Waals surface area contributed by atoms with E-state index < -0.39 is 0 Å². The molecule has 3 heterocycles. The van der Waals surface area contributed by atoms with Crippen molar-refractivity contribution in [3.8, 4) is 17.0 Å². The van der Waals surface area contributed by atoms with Crippen molar-refractivity contribution in [2.45, 2.75) is 0 Å². The van der Waals surface area contributed by atoms with E-state index in [9.17, 15) is 4.79 Å². The summed E-state index contributed by atoms with van der Waals surface area (Å²) in [7, 11) is 4.01. The molecule has 0 fully saturated rings. The lowest BCUT2D eigenvalue weighted by Gasteiger charge is -2.11. The number of carbonyl (C=O) groups excluding carboxylic acids is 1. The minimum absolute atomic E-state index is 0. The first-order chi connectivity index (χ1) is 14.6. The first-order valence-corrected chi connectivity index (χ1v) is 9.40. The van der Waals surface area contributed by atoms with Gasteiger partial charge >= 0.3 is 0 Å². The molecule has 4 aromatic rings. The molecule has 3 aromatic heterocycles. The molecular weight excluding hydrogens is 453 g/mol. The van der Waals surface area contributed by atoms with E-state index in [0.717, 1.165) is 17.9 Å². The van der Waals surface area contributed by atoms with Crippen LogP contribution in [0.25, 0.3) is 22.4 Å². The van der Waals surface area contributed by atoms with Crippen molar-refractivity contribution in [1.82, 2.24) is 30.0 Å². The molecule has 0 aliphatic carbocycles. The number of aromatic nitrogens is 5. The van der Waals surface area contributed by atoms with Gasteiger partial charge < -0.3 is 15.0 Å². The number of nitrogens with zero attached hydrogens (tertiary/aromatic N) is 5. The molecule has 0 unspecified atom stereocenters. The van der Waals surface area contributed by atoms with Crippen LogP contribution in [0.2, 0.25) is 0 Å². The molecule has 9 nitrogen and oxygen atoms in total. The van der Waals surface area contributed by atoms with Crippen LogP contribution in [0.1, 0.15) is 10.4 Å². The Balaban J connectivity index is 0.00000181. The number of benzene rings is 1. The molecule has 32 heavy (non-hydrogen) atoms. The normalized spacial score (nSPS) is 10.3. The van der Waals surface area contributed by atoms with Gasteiger partial charge in [-0.25, -0.2) is 9.97 Å². The molecule has 168 valence electrons. The molecule has 0 radical (unpaired) electrons. The highest BCUT2D eigenvalue weighted by atomic mass is 35.5. The molecule has 0 saturated carbocycles. The van der Waals surface area contributed by atoms with Crippen molar-refractivity contribution in [1.29, 1.82) is 0 Å². The van der Waals surface area contributed by atoms with Gasteiger partial charge in [-0.2, -0.15) is 5.10 Å². The van der Waals surface area contributed by atoms with Crippen LogP contribution in [0.15, 0.2) is 55.0 Å². The number of ether oxygens (including phenoxy) is 1. The molecule has 0 saturated heterocycles. The molecule has 1 aromatic carbocycles. The van der Waals surface area contributed by atoms with Crippen molar-refractivity contribution in [2.75, 3.05) is 32.6 Å². The number of rotatable bonds is 7. The van der Waals surface area contributed by atoms with Crippen molar-refractivity contribution in [3.05, 3.63) is 60.6 Å². The predicted molar refractivity (Wildman–Crippen MR) is 128 cm³/mol. The quantitative estimate of drug-likeness (QED) is 0.421. The molecule has 0 bridgehead atoms. The first-order valence-electron chi connectivity index (χ1n) is 9.40. The number of anilines is 1. The van der Waals surface area contributed by atoms with Gasteiger partial charge in [0.2, 0.25) is 5.65 Å². The average Bonchev–Trinajstić information content (AvgIpc) is 3.16. The zero-order valence-electron chi connectivity index (χ0n) is 17.5. The fourth-order valence-electron chi connectivity index (χ4n) is 2.77. The number of hydrogen-bond donors (Lipinski definition) is 2. The van der Waals surface area contributed by atoms with Gasteiger partial charge in [0.1, 0.15) is 12.4 Å². The summed E-state index contributed by atoms with van der Waals surface area (Å²) >= 11 is 0. The summed E-state index contributed by atoms with van der Waals surface area (Å²) in [6.45, 7) is 1.46. The summed E-state index contributed by atoms with van der Waals surface area (Å²) < 4.78 is 5.73. The van der Waals surface area contributed by atoms with E-state index in [0.29, 0.717) is 34.8 Å². The van der Waals surface area contributed by atoms with Gasteiger partial charge in [-0.1, -0.05) is 0 Å². The maximum atomic E-state index is 12.4. The van der Waals surface area contributed by atoms with Crippen molar-refractivity contribution in [3.63, 3.8) is 0 Å². The Kier molecular flexibility index (Phi) is 8.89. The molecule has 0 spiro atoms. The number of H-pyrrole nitrogens is 1. The summed E-state index contributed by atoms with van der Waals surface area (Å²) in [5.41, 5.74) is 2.89. The molecule has 0 aliphatic heterocycles. The molecular formula is C21H23Cl2N7O2. The SMILES string of the molecule is CN(C)CCOc1ccc(-c2cnc3n[nH]c(NC(=O)c4cccnc4)c3n2)cc1.Cl.Cl. The average molecular weight is 476 g/mol. The van der Waals surface area contributed by atoms with Gasteiger partial charge in [0, 0.05) is 24.5 Å². The Morgan fingerprint density at radius 2 is 1.91 bits per heavy atom. The third-order valence-corrected chi connectivity index (χ3v) is 4.38. The molecule has 0 atom stereocenters. The van der Waals surface area contributed by atoms with Crippen LogP contribution < -0.4 is 10.1 Å². The molecule has 4 rings (SSSR count). The largest absolute Gasteiger partial charge is 0.492 e. The highest BCUT2D eigenvalue weighted by Crippen LogP contribution is 2.24. The minimum Gasteiger partial charge on any atom is -0.492 e. The van der Waals surface area contributed by atoms with Gasteiger partial charge in [-0.05, 0) is 50.5 Å². The topological polar surface area (TPSA) is 109 Å². The van der Waals surface area contributed by atoms with Gasteiger partial charge in [0.25, 0.3) is 5.91 Å². The Bertz CT molecular complexity index is 1150. The number of amides is 1. The number of hydrogen-bond acceptors (Lipinski definition) is 7. The first kappa shape index (κ1) is 25.0. The van der Waals surface area contributed by atoms with Crippen molar-refractivity contribution >= 4 is 47.7 Å². The van der Waals surface area contributed by atoms with Crippen LogP contribution in [0, 0.1) is 0 Å². The number of pyridine rings is 1. The fraction of sp³-hybridized carbons (Fsp3) is 0.190. The van der Waals surface area contributed by atoms with Crippen molar-refractivity contribution in [2.24, 2.45) is 0 Å². The maximum Gasteiger partial charge on any atom is 0.258 e. The van der Waals surface area contributed by atoms with Gasteiger partial charge in [0.05, 0.1) is 17.5 Å². The Morgan fingerprint density at radius 3 is 2.59 bits per heavy atom. The highest BCUT2D eigenvalue weighted by Gasteiger charge is 2.14.